The molecular formula is C18H26F2O3. The predicted molar refractivity (Wildman–Crippen MR) is 86.1 cm³/mol. The average molecular weight is 328 g/mol. The quantitative estimate of drug-likeness (QED) is 0.700. The normalized spacial score (nSPS) is 11.9. The van der Waals surface area contributed by atoms with Crippen molar-refractivity contribution in [3.63, 3.8) is 0 Å². The summed E-state index contributed by atoms with van der Waals surface area (Å²) in [4.78, 5) is 12.2. The molecule has 0 aliphatic heterocycles. The summed E-state index contributed by atoms with van der Waals surface area (Å²) >= 11 is 0. The van der Waals surface area contributed by atoms with E-state index >= 15 is 0 Å². The van der Waals surface area contributed by atoms with E-state index < -0.39 is 12.2 Å². The van der Waals surface area contributed by atoms with Gasteiger partial charge in [-0.1, -0.05) is 20.8 Å². The Kier molecular flexibility index (Phi) is 6.54. The Hall–Kier alpha value is -1.65. The van der Waals surface area contributed by atoms with E-state index in [4.69, 9.17) is 4.74 Å². The van der Waals surface area contributed by atoms with Gasteiger partial charge in [0.2, 0.25) is 0 Å². The topological polar surface area (TPSA) is 35.5 Å². The summed E-state index contributed by atoms with van der Waals surface area (Å²) in [5.41, 5.74) is 1.96. The predicted octanol–water partition coefficient (Wildman–Crippen LogP) is 4.86. The molecule has 0 aromatic heterocycles. The lowest BCUT2D eigenvalue weighted by Gasteiger charge is -2.22. The fourth-order valence-electron chi connectivity index (χ4n) is 2.47. The highest BCUT2D eigenvalue weighted by Crippen LogP contribution is 2.30. The van der Waals surface area contributed by atoms with Gasteiger partial charge in [-0.25, -0.2) is 0 Å². The van der Waals surface area contributed by atoms with Crippen molar-refractivity contribution < 1.29 is 23.0 Å². The van der Waals surface area contributed by atoms with Crippen molar-refractivity contribution in [1.29, 1.82) is 0 Å². The van der Waals surface area contributed by atoms with Crippen LogP contribution in [0.3, 0.4) is 0 Å². The van der Waals surface area contributed by atoms with Gasteiger partial charge in [0.25, 0.3) is 0 Å². The van der Waals surface area contributed by atoms with Gasteiger partial charge in [-0.05, 0) is 61.9 Å². The van der Waals surface area contributed by atoms with Crippen molar-refractivity contribution in [2.24, 2.45) is 0 Å². The van der Waals surface area contributed by atoms with E-state index in [-0.39, 0.29) is 24.1 Å². The van der Waals surface area contributed by atoms with Crippen LogP contribution < -0.4 is 4.74 Å². The lowest BCUT2D eigenvalue weighted by atomic mass is 9.90. The van der Waals surface area contributed by atoms with Gasteiger partial charge in [0.1, 0.15) is 11.4 Å². The summed E-state index contributed by atoms with van der Waals surface area (Å²) in [6.45, 7) is 8.41. The van der Waals surface area contributed by atoms with E-state index in [9.17, 15) is 13.6 Å². The van der Waals surface area contributed by atoms with Crippen molar-refractivity contribution in [2.75, 3.05) is 0 Å². The number of hydrogen-bond donors (Lipinski definition) is 0. The molecule has 0 N–H and O–H groups in total. The van der Waals surface area contributed by atoms with Gasteiger partial charge in [-0.15, -0.1) is 0 Å². The second-order valence-corrected chi connectivity index (χ2v) is 6.80. The molecule has 1 rings (SSSR count). The maximum Gasteiger partial charge on any atom is 0.387 e. The van der Waals surface area contributed by atoms with Crippen molar-refractivity contribution in [1.82, 2.24) is 0 Å². The van der Waals surface area contributed by atoms with Gasteiger partial charge in [-0.2, -0.15) is 8.78 Å². The molecule has 0 atom stereocenters. The van der Waals surface area contributed by atoms with E-state index in [1.165, 1.54) is 0 Å². The van der Waals surface area contributed by atoms with Crippen LogP contribution in [0.5, 0.6) is 5.75 Å². The van der Waals surface area contributed by atoms with Crippen molar-refractivity contribution in [2.45, 2.75) is 72.5 Å². The molecule has 1 aromatic carbocycles. The number of carbonyl (C=O) groups is 1. The lowest BCUT2D eigenvalue weighted by molar-refractivity contribution is -0.153. The molecule has 0 bridgehead atoms. The van der Waals surface area contributed by atoms with E-state index in [1.54, 1.807) is 12.1 Å². The summed E-state index contributed by atoms with van der Waals surface area (Å²) in [7, 11) is 0. The molecular weight excluding hydrogens is 302 g/mol. The molecule has 0 unspecified atom stereocenters. The molecule has 0 spiro atoms. The number of aryl methyl sites for hydroxylation is 1. The van der Waals surface area contributed by atoms with E-state index in [2.05, 4.69) is 4.74 Å². The molecule has 23 heavy (non-hydrogen) atoms. The highest BCUT2D eigenvalue weighted by Gasteiger charge is 2.21. The Morgan fingerprint density at radius 2 is 1.83 bits per heavy atom. The lowest BCUT2D eigenvalue weighted by Crippen LogP contribution is -2.25. The standard InChI is InChI=1S/C18H26F2O3/c1-7-12-8-13(22-17(19)20)9-14(11(2)3)15(12)10-16(21)23-18(4,5)6/h8-9,11,17H,7,10H2,1-6H3. The zero-order chi connectivity index (χ0) is 17.8. The summed E-state index contributed by atoms with van der Waals surface area (Å²) < 4.78 is 34.9. The first-order chi connectivity index (χ1) is 10.5. The Labute approximate surface area is 137 Å². The van der Waals surface area contributed by atoms with Crippen molar-refractivity contribution >= 4 is 5.97 Å². The molecule has 0 saturated heterocycles. The number of alkyl halides is 2. The summed E-state index contributed by atoms with van der Waals surface area (Å²) in [5, 5.41) is 0. The Morgan fingerprint density at radius 1 is 1.22 bits per heavy atom. The summed E-state index contributed by atoms with van der Waals surface area (Å²) in [6.07, 6.45) is 0.751. The minimum atomic E-state index is -2.86. The number of hydrogen-bond acceptors (Lipinski definition) is 3. The largest absolute Gasteiger partial charge is 0.460 e. The number of rotatable bonds is 6. The van der Waals surface area contributed by atoms with Crippen LogP contribution in [0.4, 0.5) is 8.78 Å². The van der Waals surface area contributed by atoms with Crippen LogP contribution in [0.15, 0.2) is 12.1 Å². The minimum absolute atomic E-state index is 0.0824. The first-order valence-electron chi connectivity index (χ1n) is 7.85. The van der Waals surface area contributed by atoms with Gasteiger partial charge in [-0.3, -0.25) is 4.79 Å². The minimum Gasteiger partial charge on any atom is -0.460 e. The molecule has 0 fully saturated rings. The average Bonchev–Trinajstić information content (AvgIpc) is 2.36. The number of ether oxygens (including phenoxy) is 2. The third kappa shape index (κ3) is 6.16. The fraction of sp³-hybridized carbons (Fsp3) is 0.611. The van der Waals surface area contributed by atoms with Gasteiger partial charge >= 0.3 is 12.6 Å². The molecule has 0 amide bonds. The van der Waals surface area contributed by atoms with E-state index in [0.717, 1.165) is 16.7 Å². The Balaban J connectivity index is 3.20. The highest BCUT2D eigenvalue weighted by molar-refractivity contribution is 5.74. The van der Waals surface area contributed by atoms with Gasteiger partial charge in [0.05, 0.1) is 6.42 Å². The third-order valence-electron chi connectivity index (χ3n) is 3.32. The van der Waals surface area contributed by atoms with Gasteiger partial charge < -0.3 is 9.47 Å². The SMILES string of the molecule is CCc1cc(OC(F)F)cc(C(C)C)c1CC(=O)OC(C)(C)C. The van der Waals surface area contributed by atoms with Crippen LogP contribution in [0, 0.1) is 0 Å². The molecule has 0 radical (unpaired) electrons. The van der Waals surface area contributed by atoms with Gasteiger partial charge in [0, 0.05) is 0 Å². The van der Waals surface area contributed by atoms with Crippen LogP contribution in [0.2, 0.25) is 0 Å². The molecule has 3 nitrogen and oxygen atoms in total. The van der Waals surface area contributed by atoms with Crippen molar-refractivity contribution in [3.05, 3.63) is 28.8 Å². The zero-order valence-corrected chi connectivity index (χ0v) is 14.7. The maximum absolute atomic E-state index is 12.5. The zero-order valence-electron chi connectivity index (χ0n) is 14.7. The maximum atomic E-state index is 12.5. The van der Waals surface area contributed by atoms with E-state index in [1.807, 2.05) is 41.5 Å². The Morgan fingerprint density at radius 3 is 2.26 bits per heavy atom. The van der Waals surface area contributed by atoms with Crippen LogP contribution in [-0.4, -0.2) is 18.2 Å². The summed E-state index contributed by atoms with van der Waals surface area (Å²) in [6, 6.07) is 3.17. The van der Waals surface area contributed by atoms with Crippen LogP contribution in [0.1, 0.15) is 64.2 Å². The van der Waals surface area contributed by atoms with Gasteiger partial charge in [0.15, 0.2) is 0 Å². The first kappa shape index (κ1) is 19.4. The molecule has 0 heterocycles. The molecule has 0 saturated carbocycles. The molecule has 1 aromatic rings. The fourth-order valence-corrected chi connectivity index (χ4v) is 2.47. The van der Waals surface area contributed by atoms with Crippen molar-refractivity contribution in [3.8, 4) is 5.75 Å². The third-order valence-corrected chi connectivity index (χ3v) is 3.32. The second kappa shape index (κ2) is 7.75. The second-order valence-electron chi connectivity index (χ2n) is 6.80. The number of benzene rings is 1. The molecule has 130 valence electrons. The number of carbonyl (C=O) groups excluding carboxylic acids is 1. The van der Waals surface area contributed by atoms with E-state index in [0.29, 0.717) is 6.42 Å². The molecule has 0 aliphatic carbocycles. The highest BCUT2D eigenvalue weighted by atomic mass is 19.3. The van der Waals surface area contributed by atoms with Crippen LogP contribution >= 0.6 is 0 Å². The monoisotopic (exact) mass is 328 g/mol. The molecule has 5 heteroatoms. The summed E-state index contributed by atoms with van der Waals surface area (Å²) in [5.74, 6) is -0.107. The first-order valence-corrected chi connectivity index (χ1v) is 7.85. The number of esters is 1. The smallest absolute Gasteiger partial charge is 0.387 e. The number of halogens is 2. The van der Waals surface area contributed by atoms with Crippen LogP contribution in [-0.2, 0) is 22.4 Å². The Bertz CT molecular complexity index is 546. The molecule has 0 aliphatic rings. The van der Waals surface area contributed by atoms with Crippen LogP contribution in [0.25, 0.3) is 0 Å².